The summed E-state index contributed by atoms with van der Waals surface area (Å²) in [6.45, 7) is 3.42. The molecule has 0 aliphatic rings. The average molecular weight is 299 g/mol. The lowest BCUT2D eigenvalue weighted by atomic mass is 10.2. The molecule has 94 valence electrons. The highest BCUT2D eigenvalue weighted by Crippen LogP contribution is 2.13. The fourth-order valence-corrected chi connectivity index (χ4v) is 1.74. The van der Waals surface area contributed by atoms with E-state index in [2.05, 4.69) is 28.9 Å². The zero-order valence-electron chi connectivity index (χ0n) is 10.4. The van der Waals surface area contributed by atoms with Crippen molar-refractivity contribution in [2.45, 2.75) is 26.4 Å². The normalized spacial score (nSPS) is 11.6. The Bertz CT molecular complexity index is 344. The molecule has 0 aromatic heterocycles. The fourth-order valence-electron chi connectivity index (χ4n) is 1.35. The van der Waals surface area contributed by atoms with E-state index in [1.165, 1.54) is 0 Å². The molecule has 0 spiro atoms. The minimum absolute atomic E-state index is 0.624. The van der Waals surface area contributed by atoms with Crippen LogP contribution in [0.5, 0.6) is 5.75 Å². The third-order valence-electron chi connectivity index (χ3n) is 2.32. The summed E-state index contributed by atoms with van der Waals surface area (Å²) >= 11 is 3.49. The third-order valence-corrected chi connectivity index (χ3v) is 2.87. The van der Waals surface area contributed by atoms with Crippen LogP contribution in [0.3, 0.4) is 0 Å². The van der Waals surface area contributed by atoms with Gasteiger partial charge in [-0.1, -0.05) is 47.5 Å². The van der Waals surface area contributed by atoms with Crippen molar-refractivity contribution < 1.29 is 9.47 Å². The van der Waals surface area contributed by atoms with Crippen molar-refractivity contribution in [2.24, 2.45) is 0 Å². The van der Waals surface area contributed by atoms with Gasteiger partial charge in [-0.3, -0.25) is 0 Å². The summed E-state index contributed by atoms with van der Waals surface area (Å²) < 4.78 is 11.8. The molecule has 1 rings (SSSR count). The first-order chi connectivity index (χ1) is 8.26. The predicted octanol–water partition coefficient (Wildman–Crippen LogP) is 4.29. The number of hydrogen-bond acceptors (Lipinski definition) is 2. The highest BCUT2D eigenvalue weighted by Gasteiger charge is 1.96. The maximum Gasteiger partial charge on any atom is 0.118 e. The number of halogens is 1. The number of allylic oxidation sites excluding steroid dienone is 1. The van der Waals surface area contributed by atoms with Gasteiger partial charge in [-0.25, -0.2) is 0 Å². The molecule has 0 atom stereocenters. The smallest absolute Gasteiger partial charge is 0.118 e. The fraction of sp³-hybridized carbons (Fsp3) is 0.429. The summed E-state index contributed by atoms with van der Waals surface area (Å²) in [4.78, 5) is 0. The second kappa shape index (κ2) is 8.31. The Balaban J connectivity index is 2.30. The van der Waals surface area contributed by atoms with Gasteiger partial charge >= 0.3 is 0 Å². The van der Waals surface area contributed by atoms with Crippen molar-refractivity contribution >= 4 is 15.9 Å². The molecule has 0 aliphatic heterocycles. The van der Waals surface area contributed by atoms with Gasteiger partial charge in [-0.2, -0.15) is 0 Å². The van der Waals surface area contributed by atoms with Crippen LogP contribution >= 0.6 is 15.9 Å². The van der Waals surface area contributed by atoms with E-state index in [-0.39, 0.29) is 0 Å². The first-order valence-corrected chi connectivity index (χ1v) is 6.60. The van der Waals surface area contributed by atoms with Crippen molar-refractivity contribution in [3.63, 3.8) is 0 Å². The van der Waals surface area contributed by atoms with Crippen molar-refractivity contribution in [1.82, 2.24) is 0 Å². The van der Waals surface area contributed by atoms with Crippen LogP contribution in [0.2, 0.25) is 0 Å². The molecule has 0 aliphatic carbocycles. The summed E-state index contributed by atoms with van der Waals surface area (Å²) in [7, 11) is 1.67. The lowest BCUT2D eigenvalue weighted by Crippen LogP contribution is -1.95. The largest absolute Gasteiger partial charge is 0.497 e. The molecule has 2 nitrogen and oxygen atoms in total. The molecule has 0 radical (unpaired) electrons. The van der Waals surface area contributed by atoms with Crippen LogP contribution in [-0.2, 0) is 11.3 Å². The predicted molar refractivity (Wildman–Crippen MR) is 74.6 cm³/mol. The number of rotatable bonds is 7. The van der Waals surface area contributed by atoms with Crippen molar-refractivity contribution in [3.05, 3.63) is 40.4 Å². The van der Waals surface area contributed by atoms with Gasteiger partial charge in [0.15, 0.2) is 0 Å². The maximum absolute atomic E-state index is 5.60. The molecule has 0 heterocycles. The van der Waals surface area contributed by atoms with Crippen LogP contribution in [0.25, 0.3) is 0 Å². The van der Waals surface area contributed by atoms with Crippen LogP contribution < -0.4 is 4.74 Å². The lowest BCUT2D eigenvalue weighted by Gasteiger charge is -2.05. The molecular weight excluding hydrogens is 280 g/mol. The SMILES string of the molecule is CCC/C=C(/Br)COCc1ccc(OC)cc1. The maximum atomic E-state index is 5.60. The Hall–Kier alpha value is -0.800. The Morgan fingerprint density at radius 1 is 1.29 bits per heavy atom. The topological polar surface area (TPSA) is 18.5 Å². The number of ether oxygens (including phenoxy) is 2. The molecule has 0 saturated heterocycles. The van der Waals surface area contributed by atoms with E-state index in [1.54, 1.807) is 7.11 Å². The van der Waals surface area contributed by atoms with Crippen molar-refractivity contribution in [2.75, 3.05) is 13.7 Å². The molecule has 0 bridgehead atoms. The molecule has 0 amide bonds. The Labute approximate surface area is 112 Å². The van der Waals surface area contributed by atoms with E-state index in [9.17, 15) is 0 Å². The van der Waals surface area contributed by atoms with Gasteiger partial charge in [0.25, 0.3) is 0 Å². The summed E-state index contributed by atoms with van der Waals surface area (Å²) in [5.41, 5.74) is 1.15. The molecule has 1 aromatic rings. The van der Waals surface area contributed by atoms with Crippen LogP contribution in [0.15, 0.2) is 34.8 Å². The summed E-state index contributed by atoms with van der Waals surface area (Å²) in [6.07, 6.45) is 4.41. The molecular formula is C14H19BrO2. The van der Waals surface area contributed by atoms with Gasteiger partial charge in [0.1, 0.15) is 5.75 Å². The van der Waals surface area contributed by atoms with Gasteiger partial charge in [0, 0.05) is 4.48 Å². The Morgan fingerprint density at radius 2 is 2.00 bits per heavy atom. The molecule has 0 saturated carbocycles. The molecule has 17 heavy (non-hydrogen) atoms. The van der Waals surface area contributed by atoms with E-state index < -0.39 is 0 Å². The minimum Gasteiger partial charge on any atom is -0.497 e. The second-order valence-electron chi connectivity index (χ2n) is 3.78. The van der Waals surface area contributed by atoms with E-state index in [4.69, 9.17) is 9.47 Å². The summed E-state index contributed by atoms with van der Waals surface area (Å²) in [6, 6.07) is 7.92. The lowest BCUT2D eigenvalue weighted by molar-refractivity contribution is 0.147. The second-order valence-corrected chi connectivity index (χ2v) is 4.80. The molecule has 0 fully saturated rings. The van der Waals surface area contributed by atoms with Crippen molar-refractivity contribution in [1.29, 1.82) is 0 Å². The van der Waals surface area contributed by atoms with E-state index in [0.29, 0.717) is 13.2 Å². The number of unbranched alkanes of at least 4 members (excludes halogenated alkanes) is 1. The average Bonchev–Trinajstić information content (AvgIpc) is 2.37. The molecule has 3 heteroatoms. The molecule has 1 aromatic carbocycles. The number of hydrogen-bond donors (Lipinski definition) is 0. The van der Waals surface area contributed by atoms with E-state index in [0.717, 1.165) is 28.6 Å². The number of methoxy groups -OCH3 is 1. The molecule has 0 N–H and O–H groups in total. The van der Waals surface area contributed by atoms with Gasteiger partial charge in [0.2, 0.25) is 0 Å². The quantitative estimate of drug-likeness (QED) is 0.747. The minimum atomic E-state index is 0.624. The van der Waals surface area contributed by atoms with Crippen LogP contribution in [0.4, 0.5) is 0 Å². The van der Waals surface area contributed by atoms with Gasteiger partial charge in [-0.15, -0.1) is 0 Å². The Morgan fingerprint density at radius 3 is 2.59 bits per heavy atom. The Kier molecular flexibility index (Phi) is 6.97. The van der Waals surface area contributed by atoms with E-state index >= 15 is 0 Å². The first-order valence-electron chi connectivity index (χ1n) is 5.81. The highest BCUT2D eigenvalue weighted by atomic mass is 79.9. The van der Waals surface area contributed by atoms with Crippen molar-refractivity contribution in [3.8, 4) is 5.75 Å². The highest BCUT2D eigenvalue weighted by molar-refractivity contribution is 9.11. The van der Waals surface area contributed by atoms with Gasteiger partial charge < -0.3 is 9.47 Å². The summed E-state index contributed by atoms with van der Waals surface area (Å²) in [5, 5.41) is 0. The van der Waals surface area contributed by atoms with Gasteiger partial charge in [0.05, 0.1) is 20.3 Å². The first kappa shape index (κ1) is 14.3. The summed E-state index contributed by atoms with van der Waals surface area (Å²) in [5.74, 6) is 0.873. The van der Waals surface area contributed by atoms with Crippen LogP contribution in [0.1, 0.15) is 25.3 Å². The third kappa shape index (κ3) is 5.89. The zero-order valence-corrected chi connectivity index (χ0v) is 12.0. The zero-order chi connectivity index (χ0) is 12.5. The molecule has 0 unspecified atom stereocenters. The standard InChI is InChI=1S/C14H19BrO2/c1-3-4-5-13(15)11-17-10-12-6-8-14(16-2)9-7-12/h5-9H,3-4,10-11H2,1-2H3/b13-5+. The van der Waals surface area contributed by atoms with Crippen LogP contribution in [-0.4, -0.2) is 13.7 Å². The van der Waals surface area contributed by atoms with Gasteiger partial charge in [-0.05, 0) is 24.1 Å². The van der Waals surface area contributed by atoms with Crippen LogP contribution in [0, 0.1) is 0 Å². The monoisotopic (exact) mass is 298 g/mol. The van der Waals surface area contributed by atoms with E-state index in [1.807, 2.05) is 24.3 Å². The number of benzene rings is 1.